The third kappa shape index (κ3) is 29.3. The molecule has 0 aliphatic heterocycles. The van der Waals surface area contributed by atoms with E-state index in [1.807, 2.05) is 48.5 Å². The first-order valence-electron chi connectivity index (χ1n) is 19.8. The van der Waals surface area contributed by atoms with E-state index in [4.69, 9.17) is 23.1 Å². The number of unbranched alkanes of at least 4 members (excludes halogenated alkanes) is 1. The van der Waals surface area contributed by atoms with Gasteiger partial charge in [0.05, 0.1) is 44.2 Å². The number of alkyl halides is 3. The van der Waals surface area contributed by atoms with E-state index in [1.54, 1.807) is 12.1 Å². The maximum Gasteiger partial charge on any atom is 1.00 e. The summed E-state index contributed by atoms with van der Waals surface area (Å²) in [6.45, 7) is 28.3. The number of esters is 2. The molecule has 0 fully saturated rings. The minimum atomic E-state index is -5.80. The predicted molar refractivity (Wildman–Crippen MR) is 221 cm³/mol. The zero-order valence-corrected chi connectivity index (χ0v) is 43.0. The zero-order chi connectivity index (χ0) is 43.6. The van der Waals surface area contributed by atoms with E-state index in [0.717, 1.165) is 37.3 Å². The number of ether oxygens (including phenoxy) is 4. The molecule has 1 aromatic carbocycles. The van der Waals surface area contributed by atoms with Crippen LogP contribution in [0.25, 0.3) is 4.72 Å². The Morgan fingerprint density at radius 1 is 0.702 bits per heavy atom. The SMILES string of the molecule is CCC(C)c1ccc(C(=O)[N-]S(=O)(=O)C(F)(F)F)cc1.CCCC[Si](C)(C)O[Si](C)(C)CCCOC(=O)C(C)CC.CCOCCOCCOC(=O)C(C)CC.[K+]. The summed E-state index contributed by atoms with van der Waals surface area (Å²) in [5.74, 6) is -1.41. The number of carbonyl (C=O) groups excluding carboxylic acids is 3. The molecule has 0 radical (unpaired) electrons. The molecule has 0 saturated heterocycles. The number of benzene rings is 1. The molecule has 3 atom stereocenters. The van der Waals surface area contributed by atoms with Gasteiger partial charge in [0.1, 0.15) is 6.61 Å². The van der Waals surface area contributed by atoms with Crippen LogP contribution in [0, 0.1) is 11.8 Å². The molecular weight excluding hydrogens is 827 g/mol. The summed E-state index contributed by atoms with van der Waals surface area (Å²) >= 11 is 0. The molecule has 57 heavy (non-hydrogen) atoms. The smallest absolute Gasteiger partial charge is 0.534 e. The number of carbonyl (C=O) groups is 3. The van der Waals surface area contributed by atoms with E-state index in [2.05, 4.69) is 37.8 Å². The van der Waals surface area contributed by atoms with Crippen LogP contribution in [0.15, 0.2) is 24.3 Å². The van der Waals surface area contributed by atoms with Crippen LogP contribution in [0.5, 0.6) is 0 Å². The number of hydrogen-bond acceptors (Lipinski definition) is 10. The van der Waals surface area contributed by atoms with Crippen molar-refractivity contribution in [1.29, 1.82) is 0 Å². The van der Waals surface area contributed by atoms with Crippen LogP contribution >= 0.6 is 0 Å². The van der Waals surface area contributed by atoms with Crippen molar-refractivity contribution in [2.75, 3.05) is 39.6 Å². The molecule has 0 saturated carbocycles. The Bertz CT molecular complexity index is 1350. The van der Waals surface area contributed by atoms with Crippen LogP contribution in [-0.4, -0.2) is 88.0 Å². The van der Waals surface area contributed by atoms with Crippen LogP contribution in [0.2, 0.25) is 38.3 Å². The van der Waals surface area contributed by atoms with Gasteiger partial charge in [-0.05, 0) is 87.9 Å². The van der Waals surface area contributed by atoms with Crippen molar-refractivity contribution in [2.24, 2.45) is 11.8 Å². The van der Waals surface area contributed by atoms with Crippen molar-refractivity contribution in [1.82, 2.24) is 0 Å². The number of sulfonamides is 1. The fourth-order valence-corrected chi connectivity index (χ4v) is 14.1. The summed E-state index contributed by atoms with van der Waals surface area (Å²) in [5, 5.41) is 0. The standard InChI is InChI=1S/C16H36O3Si2.C12H14F3NO3S.C11H22O4.K/c1-8-10-13-20(4,5)19-21(6,7)14-11-12-18-16(17)15(3)9-2;1-3-8(2)9-4-6-10(7-5-9)11(17)16-20(18,19)12(13,14)15;1-4-10(3)11(12)15-9-8-14-7-6-13-5-2;/h15H,8-14H2,1-7H3;4-8H,3H2,1-2H3,(H,16,17);10H,4-9H2,1-3H3;/q;;;+1/p-1. The second-order valence-electron chi connectivity index (χ2n) is 14.8. The Labute approximate surface area is 386 Å². The molecule has 0 aliphatic rings. The third-order valence-electron chi connectivity index (χ3n) is 8.76. The van der Waals surface area contributed by atoms with Crippen molar-refractivity contribution < 1.29 is 110 Å². The van der Waals surface area contributed by atoms with Gasteiger partial charge in [-0.2, -0.15) is 13.2 Å². The fourth-order valence-electron chi connectivity index (χ4n) is 4.71. The van der Waals surface area contributed by atoms with Gasteiger partial charge in [0.25, 0.3) is 0 Å². The summed E-state index contributed by atoms with van der Waals surface area (Å²) in [4.78, 5) is 34.2. The summed E-state index contributed by atoms with van der Waals surface area (Å²) in [5.41, 5.74) is -4.87. The van der Waals surface area contributed by atoms with Gasteiger partial charge in [0, 0.05) is 6.61 Å². The van der Waals surface area contributed by atoms with Crippen LogP contribution in [0.3, 0.4) is 0 Å². The van der Waals surface area contributed by atoms with E-state index in [0.29, 0.717) is 39.6 Å². The second kappa shape index (κ2) is 32.1. The fraction of sp³-hybridized carbons (Fsp3) is 0.769. The zero-order valence-electron chi connectivity index (χ0n) is 37.0. The van der Waals surface area contributed by atoms with Gasteiger partial charge in [-0.15, -0.1) is 0 Å². The van der Waals surface area contributed by atoms with Gasteiger partial charge in [0.2, 0.25) is 0 Å². The molecule has 0 heterocycles. The van der Waals surface area contributed by atoms with E-state index in [-0.39, 0.29) is 86.6 Å². The number of rotatable bonds is 24. The van der Waals surface area contributed by atoms with Crippen molar-refractivity contribution in [3.63, 3.8) is 0 Å². The Hall–Kier alpha value is -0.680. The van der Waals surface area contributed by atoms with Gasteiger partial charge >= 0.3 is 68.8 Å². The maximum atomic E-state index is 12.1. The largest absolute Gasteiger partial charge is 1.00 e. The summed E-state index contributed by atoms with van der Waals surface area (Å²) < 4.78 is 87.2. The summed E-state index contributed by atoms with van der Waals surface area (Å²) in [6.07, 6.45) is 5.97. The Kier molecular flexibility index (Phi) is 34.1. The minimum absolute atomic E-state index is 0. The van der Waals surface area contributed by atoms with Crippen LogP contribution < -0.4 is 51.4 Å². The second-order valence-corrected chi connectivity index (χ2v) is 25.3. The van der Waals surface area contributed by atoms with E-state index in [1.165, 1.54) is 31.0 Å². The molecule has 18 heteroatoms. The van der Waals surface area contributed by atoms with Gasteiger partial charge in [-0.1, -0.05) is 85.6 Å². The monoisotopic (exact) mass is 897 g/mol. The number of hydrogen-bond donors (Lipinski definition) is 0. The molecule has 0 aliphatic carbocycles. The molecule has 0 spiro atoms. The Morgan fingerprint density at radius 2 is 1.16 bits per heavy atom. The van der Waals surface area contributed by atoms with Gasteiger partial charge in [-0.25, -0.2) is 8.42 Å². The molecule has 328 valence electrons. The number of halogens is 3. The van der Waals surface area contributed by atoms with Crippen LogP contribution in [0.4, 0.5) is 13.2 Å². The maximum absolute atomic E-state index is 12.1. The van der Waals surface area contributed by atoms with Crippen molar-refractivity contribution in [3.05, 3.63) is 40.1 Å². The molecule has 0 aromatic heterocycles. The first-order chi connectivity index (χ1) is 25.9. The van der Waals surface area contributed by atoms with E-state index < -0.39 is 38.1 Å². The third-order valence-corrected chi connectivity index (χ3v) is 17.3. The quantitative estimate of drug-likeness (QED) is 0.0585. The Morgan fingerprint density at radius 3 is 1.60 bits per heavy atom. The molecule has 11 nitrogen and oxygen atoms in total. The average Bonchev–Trinajstić information content (AvgIpc) is 3.13. The first kappa shape index (κ1) is 60.6. The normalized spacial score (nSPS) is 13.3. The minimum Gasteiger partial charge on any atom is -0.534 e. The summed E-state index contributed by atoms with van der Waals surface area (Å²) in [6, 6.07) is 7.99. The molecule has 3 unspecified atom stereocenters. The van der Waals surface area contributed by atoms with Crippen LogP contribution in [0.1, 0.15) is 116 Å². The van der Waals surface area contributed by atoms with Gasteiger partial charge in [0.15, 0.2) is 26.7 Å². The molecule has 0 N–H and O–H groups in total. The first-order valence-corrected chi connectivity index (χ1v) is 27.5. The van der Waals surface area contributed by atoms with Crippen molar-refractivity contribution in [3.8, 4) is 0 Å². The topological polar surface area (TPSA) is 146 Å². The van der Waals surface area contributed by atoms with Crippen molar-refractivity contribution >= 4 is 44.5 Å². The summed E-state index contributed by atoms with van der Waals surface area (Å²) in [7, 11) is -8.94. The number of nitrogens with zero attached hydrogens (tertiary/aromatic N) is 1. The van der Waals surface area contributed by atoms with Crippen molar-refractivity contribution in [2.45, 2.75) is 144 Å². The average molecular weight is 898 g/mol. The molecule has 1 amide bonds. The van der Waals surface area contributed by atoms with E-state index in [9.17, 15) is 36.0 Å². The number of amides is 1. The van der Waals surface area contributed by atoms with Gasteiger partial charge < -0.3 is 32.6 Å². The Balaban J connectivity index is -0.000000772. The predicted octanol–water partition coefficient (Wildman–Crippen LogP) is 7.39. The molecule has 0 bridgehead atoms. The van der Waals surface area contributed by atoms with E-state index >= 15 is 0 Å². The van der Waals surface area contributed by atoms with Gasteiger partial charge in [-0.3, -0.25) is 9.59 Å². The molecule has 1 aromatic rings. The molecular formula is C39H71F3KNO10SSi2. The molecule has 1 rings (SSSR count). The van der Waals surface area contributed by atoms with Crippen LogP contribution in [-0.2, 0) is 42.7 Å².